The van der Waals surface area contributed by atoms with Crippen LogP contribution in [-0.4, -0.2) is 26.0 Å². The third kappa shape index (κ3) is 2.87. The number of sulfone groups is 1. The predicted molar refractivity (Wildman–Crippen MR) is 74.6 cm³/mol. The molecule has 1 aromatic rings. The van der Waals surface area contributed by atoms with Gasteiger partial charge >= 0.3 is 0 Å². The number of nitrogens with one attached hydrogen (secondary N) is 1. The Labute approximate surface area is 113 Å². The van der Waals surface area contributed by atoms with E-state index in [2.05, 4.69) is 5.32 Å². The Hall–Kier alpha value is -0.580. The Bertz CT molecular complexity index is 512. The summed E-state index contributed by atoms with van der Waals surface area (Å²) in [5, 5.41) is 3.60. The van der Waals surface area contributed by atoms with Crippen LogP contribution in [0.1, 0.15) is 25.5 Å². The topological polar surface area (TPSA) is 46.2 Å². The van der Waals surface area contributed by atoms with E-state index < -0.39 is 15.1 Å². The van der Waals surface area contributed by atoms with Crippen LogP contribution in [0.4, 0.5) is 0 Å². The fraction of sp³-hybridized carbons (Fsp3) is 0.538. The van der Waals surface area contributed by atoms with Crippen LogP contribution in [-0.2, 0) is 9.84 Å². The maximum atomic E-state index is 12.2. The average Bonchev–Trinajstić information content (AvgIpc) is 2.39. The zero-order valence-electron chi connectivity index (χ0n) is 10.6. The lowest BCUT2D eigenvalue weighted by Crippen LogP contribution is -2.33. The summed E-state index contributed by atoms with van der Waals surface area (Å²) in [5.41, 5.74) is 0.976. The molecule has 18 heavy (non-hydrogen) atoms. The summed E-state index contributed by atoms with van der Waals surface area (Å²) in [6.07, 6.45) is 0. The Morgan fingerprint density at radius 2 is 1.83 bits per heavy atom. The van der Waals surface area contributed by atoms with Gasteiger partial charge in [0.1, 0.15) is 0 Å². The van der Waals surface area contributed by atoms with E-state index in [0.29, 0.717) is 5.02 Å². The van der Waals surface area contributed by atoms with Crippen molar-refractivity contribution in [3.63, 3.8) is 0 Å². The Balaban J connectivity index is 2.34. The highest BCUT2D eigenvalue weighted by Crippen LogP contribution is 2.27. The molecule has 1 aromatic carbocycles. The second kappa shape index (κ2) is 5.19. The lowest BCUT2D eigenvalue weighted by molar-refractivity contribution is 0.487. The zero-order valence-corrected chi connectivity index (χ0v) is 12.1. The molecule has 0 radical (unpaired) electrons. The monoisotopic (exact) mass is 287 g/mol. The van der Waals surface area contributed by atoms with Gasteiger partial charge in [0.15, 0.2) is 9.84 Å². The van der Waals surface area contributed by atoms with Crippen molar-refractivity contribution in [1.29, 1.82) is 0 Å². The minimum atomic E-state index is -3.05. The SMILES string of the molecule is CC1CNC(c2ccc(Cl)cc2)C(C)S(=O)(=O)C1. The van der Waals surface area contributed by atoms with Crippen LogP contribution in [0, 0.1) is 5.92 Å². The van der Waals surface area contributed by atoms with E-state index >= 15 is 0 Å². The number of rotatable bonds is 1. The van der Waals surface area contributed by atoms with Gasteiger partial charge in [-0.3, -0.25) is 0 Å². The zero-order chi connectivity index (χ0) is 13.3. The summed E-state index contributed by atoms with van der Waals surface area (Å²) in [6, 6.07) is 7.22. The number of hydrogen-bond donors (Lipinski definition) is 1. The quantitative estimate of drug-likeness (QED) is 0.863. The normalized spacial score (nSPS) is 31.8. The summed E-state index contributed by atoms with van der Waals surface area (Å²) in [4.78, 5) is 0. The Morgan fingerprint density at radius 1 is 1.22 bits per heavy atom. The molecule has 5 heteroatoms. The molecule has 1 aliphatic rings. The van der Waals surface area contributed by atoms with Gasteiger partial charge in [-0.1, -0.05) is 30.7 Å². The molecule has 1 aliphatic heterocycles. The molecular formula is C13H18ClNO2S. The maximum Gasteiger partial charge on any atom is 0.155 e. The lowest BCUT2D eigenvalue weighted by Gasteiger charge is -2.22. The highest BCUT2D eigenvalue weighted by Gasteiger charge is 2.34. The summed E-state index contributed by atoms with van der Waals surface area (Å²) in [7, 11) is -3.05. The van der Waals surface area contributed by atoms with Crippen molar-refractivity contribution in [3.05, 3.63) is 34.9 Å². The van der Waals surface area contributed by atoms with E-state index in [9.17, 15) is 8.42 Å². The molecule has 3 unspecified atom stereocenters. The molecule has 3 atom stereocenters. The fourth-order valence-corrected chi connectivity index (χ4v) is 4.38. The third-order valence-corrected chi connectivity index (χ3v) is 6.16. The third-order valence-electron chi connectivity index (χ3n) is 3.47. The maximum absolute atomic E-state index is 12.2. The van der Waals surface area contributed by atoms with Crippen LogP contribution in [0.2, 0.25) is 5.02 Å². The number of hydrogen-bond acceptors (Lipinski definition) is 3. The second-order valence-electron chi connectivity index (χ2n) is 5.08. The fourth-order valence-electron chi connectivity index (χ4n) is 2.37. The van der Waals surface area contributed by atoms with Crippen molar-refractivity contribution in [2.75, 3.05) is 12.3 Å². The van der Waals surface area contributed by atoms with Crippen LogP contribution in [0.3, 0.4) is 0 Å². The first kappa shape index (κ1) is 13.8. The van der Waals surface area contributed by atoms with Crippen molar-refractivity contribution >= 4 is 21.4 Å². The van der Waals surface area contributed by atoms with Crippen molar-refractivity contribution < 1.29 is 8.42 Å². The van der Waals surface area contributed by atoms with Crippen molar-refractivity contribution in [1.82, 2.24) is 5.32 Å². The second-order valence-corrected chi connectivity index (χ2v) is 7.92. The van der Waals surface area contributed by atoms with E-state index in [4.69, 9.17) is 11.6 Å². The molecule has 0 spiro atoms. The van der Waals surface area contributed by atoms with Gasteiger partial charge in [-0.15, -0.1) is 0 Å². The highest BCUT2D eigenvalue weighted by molar-refractivity contribution is 7.92. The van der Waals surface area contributed by atoms with Crippen LogP contribution < -0.4 is 5.32 Å². The first-order chi connectivity index (χ1) is 8.40. The molecule has 0 amide bonds. The van der Waals surface area contributed by atoms with Gasteiger partial charge in [0.05, 0.1) is 11.0 Å². The molecule has 0 aromatic heterocycles. The van der Waals surface area contributed by atoms with E-state index in [1.807, 2.05) is 19.1 Å². The van der Waals surface area contributed by atoms with Gasteiger partial charge in [-0.2, -0.15) is 0 Å². The van der Waals surface area contributed by atoms with Gasteiger partial charge in [-0.05, 0) is 37.1 Å². The molecular weight excluding hydrogens is 270 g/mol. The van der Waals surface area contributed by atoms with E-state index in [-0.39, 0.29) is 17.7 Å². The average molecular weight is 288 g/mol. The van der Waals surface area contributed by atoms with Crippen molar-refractivity contribution in [2.24, 2.45) is 5.92 Å². The van der Waals surface area contributed by atoms with Crippen molar-refractivity contribution in [3.8, 4) is 0 Å². The molecule has 1 fully saturated rings. The molecule has 100 valence electrons. The standard InChI is InChI=1S/C13H18ClNO2S/c1-9-7-15-13(10(2)18(16,17)8-9)11-3-5-12(14)6-4-11/h3-6,9-10,13,15H,7-8H2,1-2H3. The van der Waals surface area contributed by atoms with Gasteiger partial charge in [-0.25, -0.2) is 8.42 Å². The summed E-state index contributed by atoms with van der Waals surface area (Å²) >= 11 is 5.86. The Kier molecular flexibility index (Phi) is 3.99. The van der Waals surface area contributed by atoms with Crippen LogP contribution >= 0.6 is 11.6 Å². The lowest BCUT2D eigenvalue weighted by atomic mass is 10.0. The molecule has 0 saturated carbocycles. The van der Waals surface area contributed by atoms with E-state index in [0.717, 1.165) is 12.1 Å². The molecule has 1 heterocycles. The number of halogens is 1. The molecule has 1 saturated heterocycles. The largest absolute Gasteiger partial charge is 0.309 e. The number of benzene rings is 1. The first-order valence-corrected chi connectivity index (χ1v) is 8.20. The minimum absolute atomic E-state index is 0.148. The van der Waals surface area contributed by atoms with Crippen LogP contribution in [0.5, 0.6) is 0 Å². The smallest absolute Gasteiger partial charge is 0.155 e. The molecule has 3 nitrogen and oxygen atoms in total. The summed E-state index contributed by atoms with van der Waals surface area (Å²) in [5.74, 6) is 0.403. The summed E-state index contributed by atoms with van der Waals surface area (Å²) < 4.78 is 24.4. The van der Waals surface area contributed by atoms with Gasteiger partial charge < -0.3 is 5.32 Å². The van der Waals surface area contributed by atoms with E-state index in [1.165, 1.54) is 0 Å². The molecule has 0 bridgehead atoms. The van der Waals surface area contributed by atoms with Crippen LogP contribution in [0.15, 0.2) is 24.3 Å². The molecule has 0 aliphatic carbocycles. The molecule has 1 N–H and O–H groups in total. The highest BCUT2D eigenvalue weighted by atomic mass is 35.5. The van der Waals surface area contributed by atoms with Crippen molar-refractivity contribution in [2.45, 2.75) is 25.1 Å². The Morgan fingerprint density at radius 3 is 2.44 bits per heavy atom. The van der Waals surface area contributed by atoms with E-state index in [1.54, 1.807) is 19.1 Å². The first-order valence-electron chi connectivity index (χ1n) is 6.10. The predicted octanol–water partition coefficient (Wildman–Crippen LogP) is 2.42. The minimum Gasteiger partial charge on any atom is -0.309 e. The van der Waals surface area contributed by atoms with Gasteiger partial charge in [0.25, 0.3) is 0 Å². The molecule has 2 rings (SSSR count). The van der Waals surface area contributed by atoms with Gasteiger partial charge in [0.2, 0.25) is 0 Å². The van der Waals surface area contributed by atoms with Crippen LogP contribution in [0.25, 0.3) is 0 Å². The van der Waals surface area contributed by atoms with Gasteiger partial charge in [0, 0.05) is 11.1 Å². The summed E-state index contributed by atoms with van der Waals surface area (Å²) in [6.45, 7) is 4.46.